The molecule has 0 atom stereocenters. The lowest BCUT2D eigenvalue weighted by atomic mass is 10.2. The largest absolute Gasteiger partial charge is 0.505 e. The molecule has 0 radical (unpaired) electrons. The number of para-hydroxylation sites is 1. The fourth-order valence-electron chi connectivity index (χ4n) is 1.38. The highest BCUT2D eigenvalue weighted by Gasteiger charge is 2.10. The van der Waals surface area contributed by atoms with Gasteiger partial charge in [-0.05, 0) is 13.1 Å². The maximum absolute atomic E-state index is 13.0. The third-order valence-electron chi connectivity index (χ3n) is 2.35. The molecule has 17 heavy (non-hydrogen) atoms. The number of rotatable bonds is 5. The predicted octanol–water partition coefficient (Wildman–Crippen LogP) is 1.01. The Kier molecular flexibility index (Phi) is 4.47. The lowest BCUT2D eigenvalue weighted by Gasteiger charge is -2.16. The third kappa shape index (κ3) is 4.70. The number of benzene rings is 1. The van der Waals surface area contributed by atoms with Crippen molar-refractivity contribution in [1.29, 1.82) is 0 Å². The quantitative estimate of drug-likeness (QED) is 0.859. The summed E-state index contributed by atoms with van der Waals surface area (Å²) in [5, 5.41) is 9.45. The Morgan fingerprint density at radius 2 is 2.06 bits per heavy atom. The Morgan fingerprint density at radius 1 is 1.41 bits per heavy atom. The molecule has 0 bridgehead atoms. The maximum atomic E-state index is 13.0. The second kappa shape index (κ2) is 5.46. The molecule has 0 aliphatic heterocycles. The van der Waals surface area contributed by atoms with Crippen LogP contribution >= 0.6 is 0 Å². The van der Waals surface area contributed by atoms with Crippen molar-refractivity contribution in [3.05, 3.63) is 29.6 Å². The molecule has 1 aromatic carbocycles. The van der Waals surface area contributed by atoms with Gasteiger partial charge >= 0.3 is 0 Å². The standard InChI is InChI=1S/C11H16FNO3S/c1-13(6-7-17(2,15)16)8-9-4-3-5-10(12)11(9)14/h3-5,14H,6-8H2,1-2H3. The molecule has 0 amide bonds. The molecule has 0 unspecified atom stereocenters. The molecule has 0 aliphatic rings. The highest BCUT2D eigenvalue weighted by atomic mass is 32.2. The number of halogens is 1. The molecule has 1 aromatic rings. The van der Waals surface area contributed by atoms with Gasteiger partial charge in [0.2, 0.25) is 0 Å². The van der Waals surface area contributed by atoms with Gasteiger partial charge in [0.05, 0.1) is 5.75 Å². The van der Waals surface area contributed by atoms with Crippen molar-refractivity contribution in [2.24, 2.45) is 0 Å². The number of hydrogen-bond donors (Lipinski definition) is 1. The van der Waals surface area contributed by atoms with Crippen molar-refractivity contribution in [2.45, 2.75) is 6.54 Å². The van der Waals surface area contributed by atoms with E-state index >= 15 is 0 Å². The summed E-state index contributed by atoms with van der Waals surface area (Å²) in [4.78, 5) is 1.72. The summed E-state index contributed by atoms with van der Waals surface area (Å²) in [6.07, 6.45) is 1.17. The van der Waals surface area contributed by atoms with E-state index in [9.17, 15) is 17.9 Å². The third-order valence-corrected chi connectivity index (χ3v) is 3.28. The summed E-state index contributed by atoms with van der Waals surface area (Å²) >= 11 is 0. The van der Waals surface area contributed by atoms with Crippen molar-refractivity contribution in [3.63, 3.8) is 0 Å². The van der Waals surface area contributed by atoms with Crippen LogP contribution in [0, 0.1) is 5.82 Å². The molecule has 0 fully saturated rings. The van der Waals surface area contributed by atoms with E-state index in [1.54, 1.807) is 18.0 Å². The van der Waals surface area contributed by atoms with E-state index in [1.807, 2.05) is 0 Å². The molecule has 4 nitrogen and oxygen atoms in total. The Balaban J connectivity index is 2.62. The normalized spacial score (nSPS) is 12.0. The minimum Gasteiger partial charge on any atom is -0.505 e. The Hall–Kier alpha value is -1.14. The summed E-state index contributed by atoms with van der Waals surface area (Å²) < 4.78 is 35.0. The molecule has 0 aromatic heterocycles. The van der Waals surface area contributed by atoms with Crippen molar-refractivity contribution >= 4 is 9.84 Å². The molecule has 0 aliphatic carbocycles. The Bertz CT molecular complexity index is 487. The van der Waals surface area contributed by atoms with Gasteiger partial charge in [-0.1, -0.05) is 12.1 Å². The van der Waals surface area contributed by atoms with Gasteiger partial charge in [0.25, 0.3) is 0 Å². The van der Waals surface area contributed by atoms with Crippen LogP contribution in [0.3, 0.4) is 0 Å². The molecular formula is C11H16FNO3S. The first kappa shape index (κ1) is 13.9. The second-order valence-corrected chi connectivity index (χ2v) is 6.37. The van der Waals surface area contributed by atoms with Crippen molar-refractivity contribution in [2.75, 3.05) is 25.6 Å². The summed E-state index contributed by atoms with van der Waals surface area (Å²) in [7, 11) is -1.29. The molecule has 1 N–H and O–H groups in total. The minimum absolute atomic E-state index is 0.0412. The summed E-state index contributed by atoms with van der Waals surface area (Å²) in [6, 6.07) is 4.29. The fourth-order valence-corrected chi connectivity index (χ4v) is 2.02. The van der Waals surface area contributed by atoms with E-state index in [0.717, 1.165) is 0 Å². The van der Waals surface area contributed by atoms with E-state index < -0.39 is 15.7 Å². The van der Waals surface area contributed by atoms with Crippen LogP contribution in [0.4, 0.5) is 4.39 Å². The van der Waals surface area contributed by atoms with E-state index in [2.05, 4.69) is 0 Å². The van der Waals surface area contributed by atoms with Crippen LogP contribution in [0.15, 0.2) is 18.2 Å². The molecular weight excluding hydrogens is 245 g/mol. The molecule has 0 heterocycles. The number of hydrogen-bond acceptors (Lipinski definition) is 4. The van der Waals surface area contributed by atoms with Gasteiger partial charge in [-0.15, -0.1) is 0 Å². The van der Waals surface area contributed by atoms with Gasteiger partial charge in [0.15, 0.2) is 11.6 Å². The van der Waals surface area contributed by atoms with Gasteiger partial charge in [0.1, 0.15) is 9.84 Å². The first-order valence-corrected chi connectivity index (χ1v) is 7.18. The zero-order valence-electron chi connectivity index (χ0n) is 9.85. The summed E-state index contributed by atoms with van der Waals surface area (Å²) in [5.41, 5.74) is 0.445. The molecule has 0 saturated heterocycles. The zero-order valence-corrected chi connectivity index (χ0v) is 10.7. The van der Waals surface area contributed by atoms with Crippen LogP contribution in [0.5, 0.6) is 5.75 Å². The average Bonchev–Trinajstić information content (AvgIpc) is 2.21. The maximum Gasteiger partial charge on any atom is 0.165 e. The molecule has 6 heteroatoms. The predicted molar refractivity (Wildman–Crippen MR) is 64.1 cm³/mol. The molecule has 0 saturated carbocycles. The molecule has 96 valence electrons. The van der Waals surface area contributed by atoms with E-state index in [0.29, 0.717) is 18.7 Å². The number of phenolic OH excluding ortho intramolecular Hbond substituents is 1. The van der Waals surface area contributed by atoms with Gasteiger partial charge in [-0.3, -0.25) is 0 Å². The molecule has 0 spiro atoms. The monoisotopic (exact) mass is 261 g/mol. The first-order chi connectivity index (χ1) is 7.79. The summed E-state index contributed by atoms with van der Waals surface area (Å²) in [5.74, 6) is -1.00. The lowest BCUT2D eigenvalue weighted by molar-refractivity contribution is 0.333. The summed E-state index contributed by atoms with van der Waals surface area (Å²) in [6.45, 7) is 0.647. The van der Waals surface area contributed by atoms with Crippen LogP contribution in [-0.4, -0.2) is 44.0 Å². The van der Waals surface area contributed by atoms with Crippen LogP contribution in [-0.2, 0) is 16.4 Å². The number of nitrogens with zero attached hydrogens (tertiary/aromatic N) is 1. The van der Waals surface area contributed by atoms with Crippen LogP contribution in [0.1, 0.15) is 5.56 Å². The van der Waals surface area contributed by atoms with Crippen LogP contribution in [0.2, 0.25) is 0 Å². The van der Waals surface area contributed by atoms with Crippen molar-refractivity contribution in [3.8, 4) is 5.75 Å². The average molecular weight is 261 g/mol. The van der Waals surface area contributed by atoms with Crippen molar-refractivity contribution < 1.29 is 17.9 Å². The van der Waals surface area contributed by atoms with E-state index in [1.165, 1.54) is 18.4 Å². The number of phenols is 1. The Labute approximate surface area is 101 Å². The van der Waals surface area contributed by atoms with Gasteiger partial charge in [-0.2, -0.15) is 0 Å². The first-order valence-electron chi connectivity index (χ1n) is 5.12. The minimum atomic E-state index is -3.01. The van der Waals surface area contributed by atoms with E-state index in [-0.39, 0.29) is 11.5 Å². The van der Waals surface area contributed by atoms with Crippen LogP contribution < -0.4 is 0 Å². The highest BCUT2D eigenvalue weighted by Crippen LogP contribution is 2.21. The SMILES string of the molecule is CN(CCS(C)(=O)=O)Cc1cccc(F)c1O. The topological polar surface area (TPSA) is 57.6 Å². The number of sulfone groups is 1. The smallest absolute Gasteiger partial charge is 0.165 e. The van der Waals surface area contributed by atoms with Crippen LogP contribution in [0.25, 0.3) is 0 Å². The molecule has 1 rings (SSSR count). The van der Waals surface area contributed by atoms with E-state index in [4.69, 9.17) is 0 Å². The fraction of sp³-hybridized carbons (Fsp3) is 0.455. The Morgan fingerprint density at radius 3 is 2.65 bits per heavy atom. The van der Waals surface area contributed by atoms with Gasteiger partial charge < -0.3 is 10.0 Å². The second-order valence-electron chi connectivity index (χ2n) is 4.12. The zero-order chi connectivity index (χ0) is 13.1. The van der Waals surface area contributed by atoms with Gasteiger partial charge in [-0.25, -0.2) is 12.8 Å². The highest BCUT2D eigenvalue weighted by molar-refractivity contribution is 7.90. The van der Waals surface area contributed by atoms with Crippen molar-refractivity contribution in [1.82, 2.24) is 4.90 Å². The van der Waals surface area contributed by atoms with Gasteiger partial charge in [0, 0.05) is 24.9 Å². The lowest BCUT2D eigenvalue weighted by Crippen LogP contribution is -2.25. The number of aromatic hydroxyl groups is 1.